The molecule has 0 aliphatic carbocycles. The van der Waals surface area contributed by atoms with Crippen LogP contribution < -0.4 is 4.74 Å². The molecule has 0 spiro atoms. The van der Waals surface area contributed by atoms with Crippen LogP contribution in [0.25, 0.3) is 10.6 Å². The Kier molecular flexibility index (Phi) is 5.47. The Morgan fingerprint density at radius 3 is 2.81 bits per heavy atom. The van der Waals surface area contributed by atoms with E-state index in [0.29, 0.717) is 24.1 Å². The minimum atomic E-state index is -4.54. The van der Waals surface area contributed by atoms with Crippen LogP contribution in [0.4, 0.5) is 13.2 Å². The molecule has 1 saturated heterocycles. The van der Waals surface area contributed by atoms with E-state index in [1.807, 2.05) is 0 Å². The first-order valence-electron chi connectivity index (χ1n) is 8.00. The second-order valence-electron chi connectivity index (χ2n) is 5.81. The Balaban J connectivity index is 1.93. The zero-order valence-electron chi connectivity index (χ0n) is 13.6. The lowest BCUT2D eigenvalue weighted by molar-refractivity contribution is -0.134. The van der Waals surface area contributed by atoms with Crippen molar-refractivity contribution in [3.63, 3.8) is 0 Å². The Morgan fingerprint density at radius 2 is 2.19 bits per heavy atom. The third kappa shape index (κ3) is 4.16. The van der Waals surface area contributed by atoms with Crippen molar-refractivity contribution in [3.8, 4) is 16.3 Å². The van der Waals surface area contributed by atoms with Crippen molar-refractivity contribution in [2.24, 2.45) is 0 Å². The molecule has 1 fully saturated rings. The van der Waals surface area contributed by atoms with Crippen molar-refractivity contribution in [3.05, 3.63) is 34.8 Å². The van der Waals surface area contributed by atoms with Crippen molar-refractivity contribution >= 4 is 17.3 Å². The lowest BCUT2D eigenvalue weighted by Crippen LogP contribution is -2.26. The van der Waals surface area contributed by atoms with Gasteiger partial charge in [0.25, 0.3) is 0 Å². The van der Waals surface area contributed by atoms with Crippen LogP contribution in [0.2, 0.25) is 0 Å². The monoisotopic (exact) mass is 387 g/mol. The number of alkyl halides is 3. The van der Waals surface area contributed by atoms with Crippen LogP contribution in [0.15, 0.2) is 24.4 Å². The number of hydrogen-bond donors (Lipinski definition) is 1. The number of halogens is 3. The highest BCUT2D eigenvalue weighted by molar-refractivity contribution is 7.15. The van der Waals surface area contributed by atoms with E-state index in [1.165, 1.54) is 18.2 Å². The van der Waals surface area contributed by atoms with E-state index in [9.17, 15) is 23.1 Å². The number of ether oxygens (including phenoxy) is 2. The SMILES string of the molecule is O=C(O)c1cccc(OCC2CCCCO2)c1-c1ncc(C(F)(F)F)s1. The maximum absolute atomic E-state index is 12.9. The molecule has 1 aromatic heterocycles. The van der Waals surface area contributed by atoms with Crippen LogP contribution in [-0.2, 0) is 10.9 Å². The predicted molar refractivity (Wildman–Crippen MR) is 88.6 cm³/mol. The van der Waals surface area contributed by atoms with Crippen LogP contribution in [-0.4, -0.2) is 35.4 Å². The highest BCUT2D eigenvalue weighted by Gasteiger charge is 2.34. The van der Waals surface area contributed by atoms with E-state index in [0.717, 1.165) is 19.3 Å². The van der Waals surface area contributed by atoms with Crippen LogP contribution in [0.3, 0.4) is 0 Å². The smallest absolute Gasteiger partial charge is 0.427 e. The van der Waals surface area contributed by atoms with Crippen molar-refractivity contribution in [1.29, 1.82) is 0 Å². The Bertz CT molecular complexity index is 785. The molecule has 2 heterocycles. The van der Waals surface area contributed by atoms with E-state index < -0.39 is 17.0 Å². The van der Waals surface area contributed by atoms with Gasteiger partial charge in [0.1, 0.15) is 22.2 Å². The Morgan fingerprint density at radius 1 is 1.38 bits per heavy atom. The summed E-state index contributed by atoms with van der Waals surface area (Å²) >= 11 is 0.389. The maximum Gasteiger partial charge on any atom is 0.427 e. The number of carboxylic acids is 1. The van der Waals surface area contributed by atoms with Gasteiger partial charge < -0.3 is 14.6 Å². The molecule has 1 aromatic carbocycles. The summed E-state index contributed by atoms with van der Waals surface area (Å²) in [5.41, 5.74) is -0.105. The zero-order chi connectivity index (χ0) is 18.7. The van der Waals surface area contributed by atoms with Crippen LogP contribution in [0.1, 0.15) is 34.5 Å². The molecule has 26 heavy (non-hydrogen) atoms. The first-order chi connectivity index (χ1) is 12.4. The number of benzene rings is 1. The van der Waals surface area contributed by atoms with Gasteiger partial charge in [0.15, 0.2) is 0 Å². The van der Waals surface area contributed by atoms with Gasteiger partial charge in [0, 0.05) is 6.61 Å². The van der Waals surface area contributed by atoms with Crippen molar-refractivity contribution in [2.75, 3.05) is 13.2 Å². The molecule has 1 unspecified atom stereocenters. The molecule has 9 heteroatoms. The van der Waals surface area contributed by atoms with E-state index in [-0.39, 0.29) is 34.6 Å². The quantitative estimate of drug-likeness (QED) is 0.820. The number of rotatable bonds is 5. The molecule has 140 valence electrons. The van der Waals surface area contributed by atoms with E-state index in [1.54, 1.807) is 0 Å². The second kappa shape index (κ2) is 7.63. The van der Waals surface area contributed by atoms with Crippen LogP contribution in [0, 0.1) is 0 Å². The molecule has 5 nitrogen and oxygen atoms in total. The molecule has 1 N–H and O–H groups in total. The number of aromatic nitrogens is 1. The summed E-state index contributed by atoms with van der Waals surface area (Å²) in [5, 5.41) is 9.36. The molecule has 1 atom stereocenters. The number of carboxylic acid groups (broad SMARTS) is 1. The summed E-state index contributed by atoms with van der Waals surface area (Å²) in [6.07, 6.45) is -1.14. The topological polar surface area (TPSA) is 68.7 Å². The number of nitrogens with zero attached hydrogens (tertiary/aromatic N) is 1. The summed E-state index contributed by atoms with van der Waals surface area (Å²) in [4.78, 5) is 14.4. The zero-order valence-corrected chi connectivity index (χ0v) is 14.4. The van der Waals surface area contributed by atoms with E-state index >= 15 is 0 Å². The van der Waals surface area contributed by atoms with Gasteiger partial charge in [-0.25, -0.2) is 9.78 Å². The average Bonchev–Trinajstić information content (AvgIpc) is 3.10. The number of aromatic carboxylic acids is 1. The summed E-state index contributed by atoms with van der Waals surface area (Å²) in [6.45, 7) is 0.838. The molecule has 0 radical (unpaired) electrons. The highest BCUT2D eigenvalue weighted by atomic mass is 32.1. The molecule has 2 aromatic rings. The molecule has 1 aliphatic heterocycles. The first kappa shape index (κ1) is 18.7. The van der Waals surface area contributed by atoms with Gasteiger partial charge in [0.2, 0.25) is 0 Å². The van der Waals surface area contributed by atoms with Crippen molar-refractivity contribution in [1.82, 2.24) is 4.98 Å². The van der Waals surface area contributed by atoms with Gasteiger partial charge >= 0.3 is 12.1 Å². The van der Waals surface area contributed by atoms with E-state index in [4.69, 9.17) is 9.47 Å². The maximum atomic E-state index is 12.9. The number of hydrogen-bond acceptors (Lipinski definition) is 5. The van der Waals surface area contributed by atoms with E-state index in [2.05, 4.69) is 4.98 Å². The van der Waals surface area contributed by atoms with Crippen molar-refractivity contribution < 1.29 is 32.5 Å². The summed E-state index contributed by atoms with van der Waals surface area (Å²) in [5.74, 6) is -1.08. The predicted octanol–water partition coefficient (Wildman–Crippen LogP) is 4.48. The molecule has 1 aliphatic rings. The minimum Gasteiger partial charge on any atom is -0.490 e. The third-order valence-corrected chi connectivity index (χ3v) is 5.01. The Labute approximate surface area is 151 Å². The van der Waals surface area contributed by atoms with Gasteiger partial charge in [-0.15, -0.1) is 11.3 Å². The number of thiazole rings is 1. The fraction of sp³-hybridized carbons (Fsp3) is 0.412. The first-order valence-corrected chi connectivity index (χ1v) is 8.82. The van der Waals surface area contributed by atoms with Gasteiger partial charge in [-0.1, -0.05) is 6.07 Å². The van der Waals surface area contributed by atoms with Crippen LogP contribution >= 0.6 is 11.3 Å². The van der Waals surface area contributed by atoms with Gasteiger partial charge in [-0.2, -0.15) is 13.2 Å². The lowest BCUT2D eigenvalue weighted by atomic mass is 10.1. The normalized spacial score (nSPS) is 17.9. The molecule has 0 amide bonds. The summed E-state index contributed by atoms with van der Waals surface area (Å²) < 4.78 is 49.9. The summed E-state index contributed by atoms with van der Waals surface area (Å²) in [6, 6.07) is 4.33. The summed E-state index contributed by atoms with van der Waals surface area (Å²) in [7, 11) is 0. The van der Waals surface area contributed by atoms with Gasteiger partial charge in [0.05, 0.1) is 23.4 Å². The van der Waals surface area contributed by atoms with Gasteiger partial charge in [-0.3, -0.25) is 0 Å². The third-order valence-electron chi connectivity index (χ3n) is 3.95. The molecule has 0 saturated carbocycles. The molecular weight excluding hydrogens is 371 g/mol. The standard InChI is InChI=1S/C17H16F3NO4S/c18-17(19,20)13-8-21-15(26-13)14-11(16(22)23)5-3-6-12(14)25-9-10-4-1-2-7-24-10/h3,5-6,8,10H,1-2,4,7,9H2,(H,22,23). The highest BCUT2D eigenvalue weighted by Crippen LogP contribution is 2.41. The molecule has 3 rings (SSSR count). The molecular formula is C17H16F3NO4S. The van der Waals surface area contributed by atoms with Gasteiger partial charge in [-0.05, 0) is 31.4 Å². The Hall–Kier alpha value is -2.13. The average molecular weight is 387 g/mol. The largest absolute Gasteiger partial charge is 0.490 e. The fourth-order valence-electron chi connectivity index (χ4n) is 2.69. The fourth-order valence-corrected chi connectivity index (χ4v) is 3.54. The van der Waals surface area contributed by atoms with Crippen LogP contribution in [0.5, 0.6) is 5.75 Å². The number of carbonyl (C=O) groups is 1. The lowest BCUT2D eigenvalue weighted by Gasteiger charge is -2.23. The minimum absolute atomic E-state index is 0.0464. The second-order valence-corrected chi connectivity index (χ2v) is 6.84. The van der Waals surface area contributed by atoms with Crippen molar-refractivity contribution in [2.45, 2.75) is 31.5 Å². The molecule has 0 bridgehead atoms.